The van der Waals surface area contributed by atoms with Crippen LogP contribution in [-0.4, -0.2) is 24.5 Å². The second-order valence-corrected chi connectivity index (χ2v) is 5.75. The van der Waals surface area contributed by atoms with Gasteiger partial charge in [-0.3, -0.25) is 4.79 Å². The number of amides is 1. The van der Waals surface area contributed by atoms with Gasteiger partial charge >= 0.3 is 0 Å². The Morgan fingerprint density at radius 1 is 1.28 bits per heavy atom. The van der Waals surface area contributed by atoms with Crippen molar-refractivity contribution in [3.8, 4) is 0 Å². The molecule has 0 radical (unpaired) electrons. The quantitative estimate of drug-likeness (QED) is 0.589. The van der Waals surface area contributed by atoms with Gasteiger partial charge < -0.3 is 10.6 Å². The molecule has 0 heterocycles. The van der Waals surface area contributed by atoms with Gasteiger partial charge in [0.25, 0.3) is 0 Å². The molecule has 1 aliphatic rings. The van der Waals surface area contributed by atoms with Crippen molar-refractivity contribution in [3.05, 3.63) is 0 Å². The molecule has 3 heteroatoms. The largest absolute Gasteiger partial charge is 0.353 e. The number of hydrogen-bond donors (Lipinski definition) is 2. The zero-order chi connectivity index (χ0) is 13.4. The van der Waals surface area contributed by atoms with Gasteiger partial charge in [-0.05, 0) is 44.6 Å². The van der Waals surface area contributed by atoms with E-state index in [4.69, 9.17) is 0 Å². The fourth-order valence-electron chi connectivity index (χ4n) is 2.13. The molecule has 0 spiro atoms. The highest BCUT2D eigenvalue weighted by Crippen LogP contribution is 2.18. The second kappa shape index (κ2) is 8.52. The van der Waals surface area contributed by atoms with Gasteiger partial charge in [-0.25, -0.2) is 0 Å². The third-order valence-electron chi connectivity index (χ3n) is 3.83. The van der Waals surface area contributed by atoms with Crippen LogP contribution in [0.4, 0.5) is 0 Å². The molecule has 2 unspecified atom stereocenters. The molecule has 0 aromatic carbocycles. The van der Waals surface area contributed by atoms with Crippen molar-refractivity contribution >= 4 is 5.91 Å². The maximum absolute atomic E-state index is 11.5. The molecular formula is C15H30N2O. The van der Waals surface area contributed by atoms with Crippen LogP contribution in [0.15, 0.2) is 0 Å². The highest BCUT2D eigenvalue weighted by Gasteiger charge is 2.22. The summed E-state index contributed by atoms with van der Waals surface area (Å²) >= 11 is 0. The second-order valence-electron chi connectivity index (χ2n) is 5.75. The van der Waals surface area contributed by atoms with Crippen molar-refractivity contribution < 1.29 is 4.79 Å². The molecule has 2 atom stereocenters. The molecule has 0 saturated heterocycles. The van der Waals surface area contributed by atoms with Crippen molar-refractivity contribution in [2.75, 3.05) is 6.54 Å². The standard InChI is InChI=1S/C15H30N2O/c1-4-12(3)11-13(5-2)16-10-6-7-15(18)17-14-8-9-14/h12-14,16H,4-11H2,1-3H3,(H,17,18). The van der Waals surface area contributed by atoms with E-state index >= 15 is 0 Å². The predicted octanol–water partition coefficient (Wildman–Crippen LogP) is 2.85. The molecule has 0 aromatic rings. The lowest BCUT2D eigenvalue weighted by molar-refractivity contribution is -0.121. The molecule has 18 heavy (non-hydrogen) atoms. The van der Waals surface area contributed by atoms with E-state index < -0.39 is 0 Å². The van der Waals surface area contributed by atoms with E-state index in [9.17, 15) is 4.79 Å². The topological polar surface area (TPSA) is 41.1 Å². The van der Waals surface area contributed by atoms with Crippen molar-refractivity contribution in [2.24, 2.45) is 5.92 Å². The smallest absolute Gasteiger partial charge is 0.220 e. The zero-order valence-corrected chi connectivity index (χ0v) is 12.3. The van der Waals surface area contributed by atoms with Crippen molar-refractivity contribution in [2.45, 2.75) is 77.8 Å². The maximum atomic E-state index is 11.5. The van der Waals surface area contributed by atoms with Crippen LogP contribution in [0.3, 0.4) is 0 Å². The first kappa shape index (κ1) is 15.5. The summed E-state index contributed by atoms with van der Waals surface area (Å²) in [4.78, 5) is 11.5. The highest BCUT2D eigenvalue weighted by atomic mass is 16.1. The van der Waals surface area contributed by atoms with E-state index in [2.05, 4.69) is 31.4 Å². The first-order valence-electron chi connectivity index (χ1n) is 7.68. The van der Waals surface area contributed by atoms with Crippen molar-refractivity contribution in [3.63, 3.8) is 0 Å². The minimum absolute atomic E-state index is 0.231. The normalized spacial score (nSPS) is 18.4. The van der Waals surface area contributed by atoms with Gasteiger partial charge in [-0.15, -0.1) is 0 Å². The number of rotatable bonds is 10. The fraction of sp³-hybridized carbons (Fsp3) is 0.933. The van der Waals surface area contributed by atoms with Crippen molar-refractivity contribution in [1.82, 2.24) is 10.6 Å². The third-order valence-corrected chi connectivity index (χ3v) is 3.83. The minimum Gasteiger partial charge on any atom is -0.353 e. The van der Waals surface area contributed by atoms with Crippen molar-refractivity contribution in [1.29, 1.82) is 0 Å². The van der Waals surface area contributed by atoms with Crippen LogP contribution in [0.5, 0.6) is 0 Å². The summed E-state index contributed by atoms with van der Waals surface area (Å²) in [6.45, 7) is 7.76. The Morgan fingerprint density at radius 3 is 2.56 bits per heavy atom. The van der Waals surface area contributed by atoms with Crippen LogP contribution in [0, 0.1) is 5.92 Å². The molecule has 106 valence electrons. The lowest BCUT2D eigenvalue weighted by atomic mass is 9.98. The van der Waals surface area contributed by atoms with E-state index in [1.165, 1.54) is 32.1 Å². The molecule has 1 amide bonds. The van der Waals surface area contributed by atoms with Crippen LogP contribution in [0.1, 0.15) is 65.7 Å². The lowest BCUT2D eigenvalue weighted by Crippen LogP contribution is -2.32. The highest BCUT2D eigenvalue weighted by molar-refractivity contribution is 5.76. The van der Waals surface area contributed by atoms with Gasteiger partial charge in [-0.2, -0.15) is 0 Å². The van der Waals surface area contributed by atoms with Gasteiger partial charge in [0.05, 0.1) is 0 Å². The molecule has 2 N–H and O–H groups in total. The Morgan fingerprint density at radius 2 is 2.00 bits per heavy atom. The van der Waals surface area contributed by atoms with Crippen LogP contribution in [0.25, 0.3) is 0 Å². The number of hydrogen-bond acceptors (Lipinski definition) is 2. The Kier molecular flexibility index (Phi) is 7.33. The number of nitrogens with one attached hydrogen (secondary N) is 2. The maximum Gasteiger partial charge on any atom is 0.220 e. The molecule has 0 aromatic heterocycles. The molecule has 1 aliphatic carbocycles. The summed E-state index contributed by atoms with van der Waals surface area (Å²) in [5.41, 5.74) is 0. The Balaban J connectivity index is 2.01. The van der Waals surface area contributed by atoms with Crippen LogP contribution in [-0.2, 0) is 4.79 Å². The van der Waals surface area contributed by atoms with E-state index in [1.807, 2.05) is 0 Å². The van der Waals surface area contributed by atoms with Crippen LogP contribution in [0.2, 0.25) is 0 Å². The van der Waals surface area contributed by atoms with E-state index in [0.29, 0.717) is 18.5 Å². The monoisotopic (exact) mass is 254 g/mol. The predicted molar refractivity (Wildman–Crippen MR) is 76.6 cm³/mol. The van der Waals surface area contributed by atoms with Gasteiger partial charge in [0, 0.05) is 18.5 Å². The fourth-order valence-corrected chi connectivity index (χ4v) is 2.13. The summed E-state index contributed by atoms with van der Waals surface area (Å²) in [6.07, 6.45) is 7.66. The third kappa shape index (κ3) is 7.00. The summed E-state index contributed by atoms with van der Waals surface area (Å²) in [5, 5.41) is 6.61. The van der Waals surface area contributed by atoms with Gasteiger partial charge in [0.15, 0.2) is 0 Å². The molecule has 0 aliphatic heterocycles. The zero-order valence-electron chi connectivity index (χ0n) is 12.3. The summed E-state index contributed by atoms with van der Waals surface area (Å²) in [6, 6.07) is 1.12. The number of carbonyl (C=O) groups is 1. The van der Waals surface area contributed by atoms with Crippen LogP contribution >= 0.6 is 0 Å². The SMILES string of the molecule is CCC(C)CC(CC)NCCCC(=O)NC1CC1. The first-order valence-corrected chi connectivity index (χ1v) is 7.68. The molecule has 1 saturated carbocycles. The molecular weight excluding hydrogens is 224 g/mol. The summed E-state index contributed by atoms with van der Waals surface area (Å²) in [7, 11) is 0. The Hall–Kier alpha value is -0.570. The molecule has 0 bridgehead atoms. The summed E-state index contributed by atoms with van der Waals surface area (Å²) < 4.78 is 0. The molecule has 1 rings (SSSR count). The van der Waals surface area contributed by atoms with E-state index in [1.54, 1.807) is 0 Å². The Labute approximate surface area is 112 Å². The van der Waals surface area contributed by atoms with Crippen LogP contribution < -0.4 is 10.6 Å². The van der Waals surface area contributed by atoms with E-state index in [-0.39, 0.29) is 5.91 Å². The lowest BCUT2D eigenvalue weighted by Gasteiger charge is -2.20. The average Bonchev–Trinajstić information content (AvgIpc) is 3.16. The summed E-state index contributed by atoms with van der Waals surface area (Å²) in [5.74, 6) is 1.02. The molecule has 1 fully saturated rings. The van der Waals surface area contributed by atoms with Gasteiger partial charge in [-0.1, -0.05) is 27.2 Å². The first-order chi connectivity index (χ1) is 8.65. The molecule has 3 nitrogen and oxygen atoms in total. The average molecular weight is 254 g/mol. The van der Waals surface area contributed by atoms with E-state index in [0.717, 1.165) is 18.9 Å². The minimum atomic E-state index is 0.231. The number of carbonyl (C=O) groups excluding carboxylic acids is 1. The van der Waals surface area contributed by atoms with Gasteiger partial charge in [0.1, 0.15) is 0 Å². The van der Waals surface area contributed by atoms with Gasteiger partial charge in [0.2, 0.25) is 5.91 Å². The Bertz CT molecular complexity index is 239.